The minimum absolute atomic E-state index is 0.155. The second-order valence-corrected chi connectivity index (χ2v) is 5.87. The first-order valence-electron chi connectivity index (χ1n) is 5.47. The molecule has 5 heteroatoms. The zero-order valence-electron chi connectivity index (χ0n) is 10.4. The van der Waals surface area contributed by atoms with E-state index in [0.717, 1.165) is 0 Å². The SMILES string of the molecule is CC(C)(C)OC(=O)C(N)(CCO)c1cccs1. The molecule has 0 aliphatic heterocycles. The Morgan fingerprint density at radius 3 is 2.59 bits per heavy atom. The number of esters is 1. The number of carbonyl (C=O) groups excluding carboxylic acids is 1. The van der Waals surface area contributed by atoms with Crippen LogP contribution in [0.15, 0.2) is 17.5 Å². The Morgan fingerprint density at radius 2 is 2.18 bits per heavy atom. The van der Waals surface area contributed by atoms with E-state index >= 15 is 0 Å². The fourth-order valence-electron chi connectivity index (χ4n) is 1.40. The van der Waals surface area contributed by atoms with Gasteiger partial charge in [-0.05, 0) is 32.2 Å². The molecule has 0 radical (unpaired) electrons. The molecule has 0 aliphatic rings. The summed E-state index contributed by atoms with van der Waals surface area (Å²) < 4.78 is 5.31. The number of hydrogen-bond donors (Lipinski definition) is 2. The van der Waals surface area contributed by atoms with Gasteiger partial charge in [-0.2, -0.15) is 0 Å². The van der Waals surface area contributed by atoms with Crippen molar-refractivity contribution in [3.8, 4) is 0 Å². The predicted octanol–water partition coefficient (Wildman–Crippen LogP) is 1.63. The Balaban J connectivity index is 2.96. The van der Waals surface area contributed by atoms with Gasteiger partial charge >= 0.3 is 5.97 Å². The monoisotopic (exact) mass is 257 g/mol. The largest absolute Gasteiger partial charge is 0.458 e. The predicted molar refractivity (Wildman–Crippen MR) is 67.7 cm³/mol. The molecule has 0 amide bonds. The summed E-state index contributed by atoms with van der Waals surface area (Å²) in [5, 5.41) is 10.9. The third-order valence-electron chi connectivity index (χ3n) is 2.23. The minimum atomic E-state index is -1.25. The van der Waals surface area contributed by atoms with Gasteiger partial charge in [0.05, 0.1) is 0 Å². The summed E-state index contributed by atoms with van der Waals surface area (Å²) in [4.78, 5) is 12.8. The van der Waals surface area contributed by atoms with E-state index in [1.54, 1.807) is 26.8 Å². The highest BCUT2D eigenvalue weighted by atomic mass is 32.1. The molecule has 1 unspecified atom stereocenters. The number of ether oxygens (including phenoxy) is 1. The maximum atomic E-state index is 12.1. The van der Waals surface area contributed by atoms with Crippen LogP contribution in [0, 0.1) is 0 Å². The van der Waals surface area contributed by atoms with Crippen LogP contribution in [0.4, 0.5) is 0 Å². The van der Waals surface area contributed by atoms with Gasteiger partial charge in [-0.15, -0.1) is 11.3 Å². The van der Waals surface area contributed by atoms with Gasteiger partial charge in [0.2, 0.25) is 0 Å². The second-order valence-electron chi connectivity index (χ2n) is 4.92. The molecule has 0 aromatic carbocycles. The molecule has 0 saturated heterocycles. The average Bonchev–Trinajstić information content (AvgIpc) is 2.68. The van der Waals surface area contributed by atoms with Crippen molar-refractivity contribution in [2.24, 2.45) is 5.73 Å². The van der Waals surface area contributed by atoms with E-state index in [0.29, 0.717) is 4.88 Å². The summed E-state index contributed by atoms with van der Waals surface area (Å²) in [6.45, 7) is 5.21. The molecule has 1 heterocycles. The first-order chi connectivity index (χ1) is 7.79. The van der Waals surface area contributed by atoms with Crippen molar-refractivity contribution in [1.29, 1.82) is 0 Å². The Hall–Kier alpha value is -0.910. The lowest BCUT2D eigenvalue weighted by atomic mass is 9.94. The number of hydrogen-bond acceptors (Lipinski definition) is 5. The Labute approximate surface area is 105 Å². The van der Waals surface area contributed by atoms with Crippen LogP contribution in [0.3, 0.4) is 0 Å². The summed E-state index contributed by atoms with van der Waals surface area (Å²) in [6, 6.07) is 3.60. The van der Waals surface area contributed by atoms with Crippen LogP contribution in [0.2, 0.25) is 0 Å². The summed E-state index contributed by atoms with van der Waals surface area (Å²) in [5.74, 6) is -0.499. The Bertz CT molecular complexity index is 370. The summed E-state index contributed by atoms with van der Waals surface area (Å²) in [6.07, 6.45) is 0.155. The molecule has 1 aromatic heterocycles. The molecule has 0 spiro atoms. The number of thiophene rings is 1. The normalized spacial score (nSPS) is 15.4. The Morgan fingerprint density at radius 1 is 1.53 bits per heavy atom. The Kier molecular flexibility index (Phi) is 4.30. The molecule has 3 N–H and O–H groups in total. The molecular formula is C12H19NO3S. The van der Waals surface area contributed by atoms with Crippen molar-refractivity contribution >= 4 is 17.3 Å². The number of rotatable bonds is 4. The van der Waals surface area contributed by atoms with Crippen molar-refractivity contribution < 1.29 is 14.6 Å². The molecule has 4 nitrogen and oxygen atoms in total. The second kappa shape index (κ2) is 5.16. The lowest BCUT2D eigenvalue weighted by Crippen LogP contribution is -2.48. The van der Waals surface area contributed by atoms with Crippen LogP contribution < -0.4 is 5.73 Å². The molecule has 96 valence electrons. The number of aliphatic hydroxyl groups excluding tert-OH is 1. The van der Waals surface area contributed by atoms with E-state index in [1.807, 2.05) is 11.4 Å². The standard InChI is InChI=1S/C12H19NO3S/c1-11(2,3)16-10(15)12(13,6-7-14)9-5-4-8-17-9/h4-5,8,14H,6-7,13H2,1-3H3. The first-order valence-corrected chi connectivity index (χ1v) is 6.35. The van der Waals surface area contributed by atoms with E-state index in [9.17, 15) is 4.79 Å². The van der Waals surface area contributed by atoms with Crippen molar-refractivity contribution in [3.05, 3.63) is 22.4 Å². The van der Waals surface area contributed by atoms with Crippen LogP contribution in [-0.2, 0) is 15.1 Å². The third kappa shape index (κ3) is 3.52. The van der Waals surface area contributed by atoms with E-state index in [1.165, 1.54) is 11.3 Å². The maximum Gasteiger partial charge on any atom is 0.332 e. The minimum Gasteiger partial charge on any atom is -0.458 e. The van der Waals surface area contributed by atoms with Crippen LogP contribution in [-0.4, -0.2) is 23.3 Å². The van der Waals surface area contributed by atoms with Crippen molar-refractivity contribution in [3.63, 3.8) is 0 Å². The molecule has 0 fully saturated rings. The van der Waals surface area contributed by atoms with Gasteiger partial charge in [-0.25, -0.2) is 4.79 Å². The summed E-state index contributed by atoms with van der Waals surface area (Å²) >= 11 is 1.39. The van der Waals surface area contributed by atoms with E-state index in [-0.39, 0.29) is 13.0 Å². The lowest BCUT2D eigenvalue weighted by molar-refractivity contribution is -0.162. The topological polar surface area (TPSA) is 72.5 Å². The number of carbonyl (C=O) groups is 1. The highest BCUT2D eigenvalue weighted by Crippen LogP contribution is 2.29. The average molecular weight is 257 g/mol. The van der Waals surface area contributed by atoms with Crippen LogP contribution in [0.5, 0.6) is 0 Å². The van der Waals surface area contributed by atoms with Crippen molar-refractivity contribution in [1.82, 2.24) is 0 Å². The molecular weight excluding hydrogens is 238 g/mol. The molecule has 1 aromatic rings. The van der Waals surface area contributed by atoms with Gasteiger partial charge in [-0.3, -0.25) is 0 Å². The van der Waals surface area contributed by atoms with Gasteiger partial charge in [-0.1, -0.05) is 6.07 Å². The molecule has 17 heavy (non-hydrogen) atoms. The third-order valence-corrected chi connectivity index (χ3v) is 3.28. The molecule has 0 saturated carbocycles. The maximum absolute atomic E-state index is 12.1. The molecule has 1 rings (SSSR count). The summed E-state index contributed by atoms with van der Waals surface area (Å²) in [7, 11) is 0. The fourth-order valence-corrected chi connectivity index (χ4v) is 2.26. The van der Waals surface area contributed by atoms with Crippen LogP contribution in [0.25, 0.3) is 0 Å². The van der Waals surface area contributed by atoms with Gasteiger partial charge in [0.15, 0.2) is 5.54 Å². The zero-order chi connectivity index (χ0) is 13.1. The van der Waals surface area contributed by atoms with Gasteiger partial charge in [0, 0.05) is 17.9 Å². The van der Waals surface area contributed by atoms with E-state index in [2.05, 4.69) is 0 Å². The van der Waals surface area contributed by atoms with Gasteiger partial charge in [0.25, 0.3) is 0 Å². The van der Waals surface area contributed by atoms with Gasteiger partial charge in [0.1, 0.15) is 5.60 Å². The van der Waals surface area contributed by atoms with E-state index < -0.39 is 17.1 Å². The van der Waals surface area contributed by atoms with Crippen molar-refractivity contribution in [2.75, 3.05) is 6.61 Å². The van der Waals surface area contributed by atoms with Gasteiger partial charge < -0.3 is 15.6 Å². The zero-order valence-corrected chi connectivity index (χ0v) is 11.2. The smallest absolute Gasteiger partial charge is 0.332 e. The fraction of sp³-hybridized carbons (Fsp3) is 0.583. The molecule has 0 aliphatic carbocycles. The molecule has 0 bridgehead atoms. The van der Waals surface area contributed by atoms with Crippen molar-refractivity contribution in [2.45, 2.75) is 38.3 Å². The first kappa shape index (κ1) is 14.2. The number of aliphatic hydroxyl groups is 1. The lowest BCUT2D eigenvalue weighted by Gasteiger charge is -2.30. The van der Waals surface area contributed by atoms with E-state index in [4.69, 9.17) is 15.6 Å². The quantitative estimate of drug-likeness (QED) is 0.804. The van der Waals surface area contributed by atoms with Crippen LogP contribution >= 0.6 is 11.3 Å². The highest BCUT2D eigenvalue weighted by molar-refractivity contribution is 7.10. The molecule has 1 atom stereocenters. The van der Waals surface area contributed by atoms with Crippen LogP contribution in [0.1, 0.15) is 32.1 Å². The highest BCUT2D eigenvalue weighted by Gasteiger charge is 2.40. The summed E-state index contributed by atoms with van der Waals surface area (Å²) in [5.41, 5.74) is 4.26. The number of nitrogens with two attached hydrogens (primary N) is 1.